The van der Waals surface area contributed by atoms with Crippen LogP contribution in [-0.2, 0) is 4.74 Å². The topological polar surface area (TPSA) is 61.2 Å². The smallest absolute Gasteiger partial charge is 0.262 e. The second-order valence-corrected chi connectivity index (χ2v) is 8.32. The van der Waals surface area contributed by atoms with E-state index in [4.69, 9.17) is 4.74 Å². The van der Waals surface area contributed by atoms with Gasteiger partial charge in [-0.2, -0.15) is 0 Å². The minimum Gasteiger partial charge on any atom is -0.383 e. The van der Waals surface area contributed by atoms with Crippen molar-refractivity contribution in [2.45, 2.75) is 37.9 Å². The number of para-hydroxylation sites is 1. The van der Waals surface area contributed by atoms with Crippen molar-refractivity contribution in [2.75, 3.05) is 19.5 Å². The summed E-state index contributed by atoms with van der Waals surface area (Å²) in [5, 5.41) is 1.10. The Morgan fingerprint density at radius 1 is 1.10 bits per heavy atom. The van der Waals surface area contributed by atoms with E-state index in [1.807, 2.05) is 49.4 Å². The van der Waals surface area contributed by atoms with Gasteiger partial charge >= 0.3 is 0 Å². The van der Waals surface area contributed by atoms with Crippen LogP contribution in [-0.4, -0.2) is 34.8 Å². The van der Waals surface area contributed by atoms with E-state index in [2.05, 4.69) is 18.8 Å². The van der Waals surface area contributed by atoms with E-state index in [9.17, 15) is 9.59 Å². The maximum absolute atomic E-state index is 13.1. The zero-order valence-electron chi connectivity index (χ0n) is 17.2. The number of nitrogens with zero attached hydrogens (tertiary/aromatic N) is 2. The van der Waals surface area contributed by atoms with Crippen molar-refractivity contribution in [1.29, 1.82) is 0 Å². The number of aromatic nitrogens is 2. The van der Waals surface area contributed by atoms with Crippen molar-refractivity contribution in [2.24, 2.45) is 0 Å². The predicted octanol–water partition coefficient (Wildman–Crippen LogP) is 4.70. The Kier molecular flexibility index (Phi) is 6.87. The first kappa shape index (κ1) is 21.3. The van der Waals surface area contributed by atoms with E-state index in [0.717, 1.165) is 0 Å². The van der Waals surface area contributed by atoms with Gasteiger partial charge < -0.3 is 4.74 Å². The maximum atomic E-state index is 13.1. The Labute approximate surface area is 175 Å². The Hall–Kier alpha value is -2.44. The molecule has 0 N–H and O–H groups in total. The summed E-state index contributed by atoms with van der Waals surface area (Å²) >= 11 is 1.29. The van der Waals surface area contributed by atoms with Gasteiger partial charge in [-0.05, 0) is 30.5 Å². The second kappa shape index (κ2) is 9.37. The molecule has 0 spiro atoms. The number of carbonyl (C=O) groups excluding carboxylic acids is 1. The number of thioether (sulfide) groups is 1. The lowest BCUT2D eigenvalue weighted by molar-refractivity contribution is 0.102. The Balaban J connectivity index is 1.89. The molecule has 2 aromatic carbocycles. The third-order valence-corrected chi connectivity index (χ3v) is 5.81. The van der Waals surface area contributed by atoms with Crippen LogP contribution in [0, 0.1) is 0 Å². The fourth-order valence-electron chi connectivity index (χ4n) is 3.20. The molecule has 1 atom stereocenters. The summed E-state index contributed by atoms with van der Waals surface area (Å²) in [4.78, 5) is 30.4. The number of methoxy groups -OCH3 is 1. The van der Waals surface area contributed by atoms with Crippen molar-refractivity contribution in [3.63, 3.8) is 0 Å². The number of hydrogen-bond donors (Lipinski definition) is 0. The normalized spacial score (nSPS) is 12.4. The van der Waals surface area contributed by atoms with Crippen molar-refractivity contribution in [3.05, 3.63) is 70.0 Å². The molecule has 3 rings (SSSR count). The summed E-state index contributed by atoms with van der Waals surface area (Å²) in [6.45, 7) is 6.55. The molecular weight excluding hydrogens is 384 g/mol. The van der Waals surface area contributed by atoms with E-state index < -0.39 is 0 Å². The Morgan fingerprint density at radius 2 is 1.79 bits per heavy atom. The van der Waals surface area contributed by atoms with Gasteiger partial charge in [-0.3, -0.25) is 14.2 Å². The fourth-order valence-corrected chi connectivity index (χ4v) is 4.19. The average Bonchev–Trinajstić information content (AvgIpc) is 2.72. The first-order valence-electron chi connectivity index (χ1n) is 9.68. The van der Waals surface area contributed by atoms with Crippen LogP contribution < -0.4 is 5.56 Å². The predicted molar refractivity (Wildman–Crippen MR) is 118 cm³/mol. The molecule has 0 saturated carbocycles. The van der Waals surface area contributed by atoms with E-state index in [1.165, 1.54) is 17.3 Å². The van der Waals surface area contributed by atoms with Crippen molar-refractivity contribution < 1.29 is 9.53 Å². The molecule has 152 valence electrons. The highest BCUT2D eigenvalue weighted by Gasteiger charge is 2.18. The molecule has 0 aliphatic carbocycles. The lowest BCUT2D eigenvalue weighted by Gasteiger charge is -2.18. The lowest BCUT2D eigenvalue weighted by Crippen LogP contribution is -2.28. The Bertz CT molecular complexity index is 1060. The van der Waals surface area contributed by atoms with Crippen LogP contribution in [0.3, 0.4) is 0 Å². The summed E-state index contributed by atoms with van der Waals surface area (Å²) in [6, 6.07) is 14.8. The van der Waals surface area contributed by atoms with Crippen molar-refractivity contribution in [3.8, 4) is 0 Å². The van der Waals surface area contributed by atoms with Crippen LogP contribution in [0.15, 0.2) is 58.5 Å². The number of fused-ring (bicyclic) bond motifs is 1. The third kappa shape index (κ3) is 4.77. The number of ketones is 1. The number of hydrogen-bond acceptors (Lipinski definition) is 5. The number of Topliss-reactive ketones (excluding diaryl/α,β-unsaturated/α-hetero) is 1. The summed E-state index contributed by atoms with van der Waals surface area (Å²) < 4.78 is 6.87. The van der Waals surface area contributed by atoms with Crippen LogP contribution in [0.5, 0.6) is 0 Å². The molecule has 6 heteroatoms. The van der Waals surface area contributed by atoms with Gasteiger partial charge in [-0.1, -0.05) is 62.0 Å². The van der Waals surface area contributed by atoms with E-state index >= 15 is 0 Å². The molecule has 3 aromatic rings. The highest BCUT2D eigenvalue weighted by atomic mass is 32.2. The van der Waals surface area contributed by atoms with E-state index in [-0.39, 0.29) is 23.1 Å². The monoisotopic (exact) mass is 410 g/mol. The highest BCUT2D eigenvalue weighted by molar-refractivity contribution is 7.99. The average molecular weight is 411 g/mol. The maximum Gasteiger partial charge on any atom is 0.262 e. The molecule has 0 fully saturated rings. The van der Waals surface area contributed by atoms with Gasteiger partial charge in [0.2, 0.25) is 0 Å². The standard InChI is InChI=1S/C23H26N2O3S/c1-15(2)17-9-11-18(12-10-17)21(26)14-29-23-24-20-8-6-5-7-19(20)22(27)25(23)16(3)13-28-4/h5-12,15-16H,13-14H2,1-4H3. The number of rotatable bonds is 8. The zero-order chi connectivity index (χ0) is 21.0. The Morgan fingerprint density at radius 3 is 2.45 bits per heavy atom. The molecule has 0 aliphatic rings. The quantitative estimate of drug-likeness (QED) is 0.306. The van der Waals surface area contributed by atoms with Crippen LogP contribution in [0.4, 0.5) is 0 Å². The lowest BCUT2D eigenvalue weighted by atomic mass is 10.0. The van der Waals surface area contributed by atoms with Crippen LogP contribution in [0.1, 0.15) is 48.7 Å². The minimum absolute atomic E-state index is 0.0126. The molecular formula is C23H26N2O3S. The molecule has 0 radical (unpaired) electrons. The van der Waals surface area contributed by atoms with Crippen molar-refractivity contribution >= 4 is 28.4 Å². The molecule has 1 aromatic heterocycles. The molecule has 0 amide bonds. The van der Waals surface area contributed by atoms with Gasteiger partial charge in [0.25, 0.3) is 5.56 Å². The van der Waals surface area contributed by atoms with Gasteiger partial charge in [0.15, 0.2) is 10.9 Å². The van der Waals surface area contributed by atoms with Crippen molar-refractivity contribution in [1.82, 2.24) is 9.55 Å². The molecule has 0 aliphatic heterocycles. The number of benzene rings is 2. The van der Waals surface area contributed by atoms with Crippen LogP contribution in [0.2, 0.25) is 0 Å². The van der Waals surface area contributed by atoms with Gasteiger partial charge in [-0.25, -0.2) is 4.98 Å². The van der Waals surface area contributed by atoms with Gasteiger partial charge in [0.05, 0.1) is 29.3 Å². The molecule has 1 unspecified atom stereocenters. The third-order valence-electron chi connectivity index (χ3n) is 4.86. The zero-order valence-corrected chi connectivity index (χ0v) is 18.0. The fraction of sp³-hybridized carbons (Fsp3) is 0.348. The highest BCUT2D eigenvalue weighted by Crippen LogP contribution is 2.23. The number of carbonyl (C=O) groups is 1. The summed E-state index contributed by atoms with van der Waals surface area (Å²) in [7, 11) is 1.60. The van der Waals surface area contributed by atoms with Gasteiger partial charge in [0.1, 0.15) is 0 Å². The summed E-state index contributed by atoms with van der Waals surface area (Å²) in [5.41, 5.74) is 2.39. The SMILES string of the molecule is COCC(C)n1c(SCC(=O)c2ccc(C(C)C)cc2)nc2ccccc2c1=O. The molecule has 1 heterocycles. The van der Waals surface area contributed by atoms with Gasteiger partial charge in [0, 0.05) is 12.7 Å². The summed E-state index contributed by atoms with van der Waals surface area (Å²) in [6.07, 6.45) is 0. The summed E-state index contributed by atoms with van der Waals surface area (Å²) in [5.74, 6) is 0.650. The van der Waals surface area contributed by atoms with E-state index in [0.29, 0.717) is 34.1 Å². The second-order valence-electron chi connectivity index (χ2n) is 7.38. The van der Waals surface area contributed by atoms with Gasteiger partial charge in [-0.15, -0.1) is 0 Å². The molecule has 0 saturated heterocycles. The molecule has 0 bridgehead atoms. The van der Waals surface area contributed by atoms with Crippen LogP contribution in [0.25, 0.3) is 10.9 Å². The first-order valence-corrected chi connectivity index (χ1v) is 10.7. The minimum atomic E-state index is -0.187. The largest absolute Gasteiger partial charge is 0.383 e. The molecule has 5 nitrogen and oxygen atoms in total. The van der Waals surface area contributed by atoms with E-state index in [1.54, 1.807) is 17.7 Å². The first-order chi connectivity index (χ1) is 13.9. The molecule has 29 heavy (non-hydrogen) atoms. The number of ether oxygens (including phenoxy) is 1. The van der Waals surface area contributed by atoms with Crippen LogP contribution >= 0.6 is 11.8 Å².